The van der Waals surface area contributed by atoms with E-state index in [4.69, 9.17) is 5.11 Å². The number of aliphatic carboxylic acids is 1. The zero-order valence-electron chi connectivity index (χ0n) is 8.65. The number of rotatable bonds is 5. The molecule has 0 spiro atoms. The van der Waals surface area contributed by atoms with E-state index in [9.17, 15) is 9.59 Å². The Morgan fingerprint density at radius 3 is 2.88 bits per heavy atom. The summed E-state index contributed by atoms with van der Waals surface area (Å²) in [7, 11) is 1.26. The molecular formula is C7H10N4O4S. The molecule has 1 rings (SSSR count). The van der Waals surface area contributed by atoms with Gasteiger partial charge < -0.3 is 9.84 Å². The molecule has 0 saturated heterocycles. The first-order chi connectivity index (χ1) is 7.56. The van der Waals surface area contributed by atoms with Crippen LogP contribution in [-0.2, 0) is 14.3 Å². The number of carbonyl (C=O) groups excluding carboxylic acids is 1. The van der Waals surface area contributed by atoms with Gasteiger partial charge >= 0.3 is 11.9 Å². The number of nitrogens with zero attached hydrogens (tertiary/aromatic N) is 4. The lowest BCUT2D eigenvalue weighted by Gasteiger charge is -2.09. The first-order valence-electron chi connectivity index (χ1n) is 4.26. The number of thioether (sulfide) groups is 1. The Morgan fingerprint density at radius 2 is 2.31 bits per heavy atom. The van der Waals surface area contributed by atoms with Crippen LogP contribution in [0.15, 0.2) is 5.16 Å². The molecule has 1 N–H and O–H groups in total. The van der Waals surface area contributed by atoms with E-state index in [0.717, 1.165) is 11.8 Å². The second kappa shape index (κ2) is 5.45. The van der Waals surface area contributed by atoms with Gasteiger partial charge in [0.25, 0.3) is 0 Å². The number of hydrogen-bond acceptors (Lipinski definition) is 7. The van der Waals surface area contributed by atoms with Crippen LogP contribution in [0.5, 0.6) is 0 Å². The fourth-order valence-corrected chi connectivity index (χ4v) is 1.59. The molecule has 0 saturated carbocycles. The lowest BCUT2D eigenvalue weighted by Crippen LogP contribution is -2.20. The van der Waals surface area contributed by atoms with Gasteiger partial charge in [0.2, 0.25) is 5.16 Å². The van der Waals surface area contributed by atoms with Gasteiger partial charge in [0.05, 0.1) is 12.9 Å². The zero-order chi connectivity index (χ0) is 12.1. The average Bonchev–Trinajstić information content (AvgIpc) is 2.72. The van der Waals surface area contributed by atoms with E-state index in [0.29, 0.717) is 0 Å². The number of esters is 1. The third-order valence-electron chi connectivity index (χ3n) is 1.70. The maximum Gasteiger partial charge on any atom is 0.330 e. The van der Waals surface area contributed by atoms with E-state index in [-0.39, 0.29) is 10.9 Å². The van der Waals surface area contributed by atoms with Crippen molar-refractivity contribution in [2.75, 3.05) is 12.9 Å². The van der Waals surface area contributed by atoms with Gasteiger partial charge in [0, 0.05) is 0 Å². The summed E-state index contributed by atoms with van der Waals surface area (Å²) >= 11 is 0.938. The van der Waals surface area contributed by atoms with Crippen molar-refractivity contribution in [3.05, 3.63) is 0 Å². The molecule has 9 heteroatoms. The van der Waals surface area contributed by atoms with Crippen molar-refractivity contribution >= 4 is 23.7 Å². The van der Waals surface area contributed by atoms with Crippen LogP contribution >= 0.6 is 11.8 Å². The zero-order valence-corrected chi connectivity index (χ0v) is 9.47. The highest BCUT2D eigenvalue weighted by atomic mass is 32.2. The van der Waals surface area contributed by atoms with Crippen LogP contribution in [0.3, 0.4) is 0 Å². The highest BCUT2D eigenvalue weighted by Crippen LogP contribution is 2.17. The summed E-state index contributed by atoms with van der Waals surface area (Å²) in [6.45, 7) is 1.56. The molecule has 88 valence electrons. The predicted molar refractivity (Wildman–Crippen MR) is 52.9 cm³/mol. The normalized spacial score (nSPS) is 12.1. The number of carbonyl (C=O) groups is 2. The summed E-state index contributed by atoms with van der Waals surface area (Å²) in [5, 5.41) is 19.4. The van der Waals surface area contributed by atoms with Crippen LogP contribution in [0.2, 0.25) is 0 Å². The van der Waals surface area contributed by atoms with Gasteiger partial charge in [-0.25, -0.2) is 9.48 Å². The minimum atomic E-state index is -0.981. The molecular weight excluding hydrogens is 236 g/mol. The third-order valence-corrected chi connectivity index (χ3v) is 2.61. The fourth-order valence-electron chi connectivity index (χ4n) is 0.920. The summed E-state index contributed by atoms with van der Waals surface area (Å²) < 4.78 is 5.76. The Balaban J connectivity index is 2.77. The highest BCUT2D eigenvalue weighted by molar-refractivity contribution is 7.99. The van der Waals surface area contributed by atoms with E-state index in [1.165, 1.54) is 11.8 Å². The van der Waals surface area contributed by atoms with Gasteiger partial charge in [-0.15, -0.1) is 5.10 Å². The lowest BCUT2D eigenvalue weighted by atomic mass is 10.4. The Hall–Kier alpha value is -1.64. The molecule has 0 bridgehead atoms. The van der Waals surface area contributed by atoms with E-state index >= 15 is 0 Å². The van der Waals surface area contributed by atoms with Crippen LogP contribution in [-0.4, -0.2) is 50.1 Å². The maximum atomic E-state index is 11.2. The van der Waals surface area contributed by atoms with Crippen LogP contribution in [0.1, 0.15) is 13.0 Å². The monoisotopic (exact) mass is 246 g/mol. The Labute approximate surface area is 95.0 Å². The van der Waals surface area contributed by atoms with Crippen LogP contribution in [0, 0.1) is 0 Å². The summed E-state index contributed by atoms with van der Waals surface area (Å²) in [5.41, 5.74) is 0. The van der Waals surface area contributed by atoms with Crippen molar-refractivity contribution in [3.63, 3.8) is 0 Å². The summed E-state index contributed by atoms with van der Waals surface area (Å²) in [5.74, 6) is -1.65. The minimum absolute atomic E-state index is 0.172. The quantitative estimate of drug-likeness (QED) is 0.551. The van der Waals surface area contributed by atoms with Crippen LogP contribution < -0.4 is 0 Å². The molecule has 0 fully saturated rings. The summed E-state index contributed by atoms with van der Waals surface area (Å²) in [4.78, 5) is 21.6. The molecule has 8 nitrogen and oxygen atoms in total. The Bertz CT molecular complexity index is 393. The van der Waals surface area contributed by atoms with Gasteiger partial charge in [0.1, 0.15) is 0 Å². The van der Waals surface area contributed by atoms with E-state index in [2.05, 4.69) is 20.3 Å². The summed E-state index contributed by atoms with van der Waals surface area (Å²) in [6.07, 6.45) is 0. The molecule has 0 amide bonds. The van der Waals surface area contributed by atoms with Gasteiger partial charge in [-0.1, -0.05) is 11.8 Å². The molecule has 0 aliphatic heterocycles. The number of ether oxygens (including phenoxy) is 1. The molecule has 0 aromatic carbocycles. The minimum Gasteiger partial charge on any atom is -0.481 e. The third kappa shape index (κ3) is 2.92. The van der Waals surface area contributed by atoms with Crippen molar-refractivity contribution < 1.29 is 19.4 Å². The van der Waals surface area contributed by atoms with Crippen LogP contribution in [0.4, 0.5) is 0 Å². The molecule has 0 aliphatic carbocycles. The lowest BCUT2D eigenvalue weighted by molar-refractivity contribution is -0.144. The van der Waals surface area contributed by atoms with Crippen molar-refractivity contribution in [2.24, 2.45) is 0 Å². The highest BCUT2D eigenvalue weighted by Gasteiger charge is 2.21. The molecule has 0 radical (unpaired) electrons. The molecule has 1 heterocycles. The first kappa shape index (κ1) is 12.4. The second-order valence-electron chi connectivity index (χ2n) is 2.79. The number of hydrogen-bond donors (Lipinski definition) is 1. The first-order valence-corrected chi connectivity index (χ1v) is 5.25. The molecule has 16 heavy (non-hydrogen) atoms. The van der Waals surface area contributed by atoms with Gasteiger partial charge in [-0.3, -0.25) is 4.79 Å². The maximum absolute atomic E-state index is 11.2. The smallest absolute Gasteiger partial charge is 0.330 e. The Kier molecular flexibility index (Phi) is 4.23. The number of carboxylic acids is 1. The number of methoxy groups -OCH3 is 1. The van der Waals surface area contributed by atoms with Gasteiger partial charge in [0.15, 0.2) is 6.04 Å². The van der Waals surface area contributed by atoms with E-state index in [1.807, 2.05) is 0 Å². The molecule has 1 atom stereocenters. The number of carboxylic acid groups (broad SMARTS) is 1. The van der Waals surface area contributed by atoms with Gasteiger partial charge in [-0.2, -0.15) is 0 Å². The van der Waals surface area contributed by atoms with Crippen molar-refractivity contribution in [1.82, 2.24) is 20.2 Å². The standard InChI is InChI=1S/C7H10N4O4S/c1-4(6(14)15-2)11-7(8-9-10-11)16-3-5(12)13/h4H,3H2,1-2H3,(H,12,13). The number of tetrazole rings is 1. The largest absolute Gasteiger partial charge is 0.481 e. The predicted octanol–water partition coefficient (Wildman–Crippen LogP) is -0.416. The average molecular weight is 246 g/mol. The van der Waals surface area contributed by atoms with Crippen LogP contribution in [0.25, 0.3) is 0 Å². The molecule has 1 aromatic rings. The Morgan fingerprint density at radius 1 is 1.62 bits per heavy atom. The van der Waals surface area contributed by atoms with Crippen molar-refractivity contribution in [1.29, 1.82) is 0 Å². The van der Waals surface area contributed by atoms with E-state index < -0.39 is 18.0 Å². The van der Waals surface area contributed by atoms with Crippen molar-refractivity contribution in [3.8, 4) is 0 Å². The van der Waals surface area contributed by atoms with E-state index in [1.54, 1.807) is 6.92 Å². The SMILES string of the molecule is COC(=O)C(C)n1nnnc1SCC(=O)O. The summed E-state index contributed by atoms with van der Waals surface area (Å²) in [6, 6.07) is -0.684. The number of aromatic nitrogens is 4. The molecule has 0 aliphatic rings. The molecule has 1 aromatic heterocycles. The second-order valence-corrected chi connectivity index (χ2v) is 3.73. The fraction of sp³-hybridized carbons (Fsp3) is 0.571. The molecule has 1 unspecified atom stereocenters. The topological polar surface area (TPSA) is 107 Å². The van der Waals surface area contributed by atoms with Gasteiger partial charge in [-0.05, 0) is 17.4 Å². The van der Waals surface area contributed by atoms with Crippen molar-refractivity contribution in [2.45, 2.75) is 18.1 Å².